The largest absolute Gasteiger partial charge is 0.467 e. The third kappa shape index (κ3) is 5.82. The quantitative estimate of drug-likeness (QED) is 0.428. The molecule has 3 aliphatic rings. The van der Waals surface area contributed by atoms with Gasteiger partial charge in [-0.25, -0.2) is 4.39 Å². The van der Waals surface area contributed by atoms with Crippen LogP contribution in [-0.4, -0.2) is 50.5 Å². The molecule has 0 bridgehead atoms. The number of hydrogen-bond donors (Lipinski definition) is 1. The van der Waals surface area contributed by atoms with Crippen LogP contribution in [0.5, 0.6) is 5.75 Å². The first kappa shape index (κ1) is 27.5. The van der Waals surface area contributed by atoms with E-state index in [-0.39, 0.29) is 42.8 Å². The van der Waals surface area contributed by atoms with Gasteiger partial charge in [-0.05, 0) is 25.0 Å². The van der Waals surface area contributed by atoms with Gasteiger partial charge in [-0.3, -0.25) is 0 Å². The first-order chi connectivity index (χ1) is 17.7. The standard InChI is InChI=1S/C18H17F4N3O4.C7H14O/c1-26-8-28-12-5-9(18(20,21)22)4-11(19)13(12)15-10-6-29-17(2-3-27-7-17)14(10)16(23)25-24-15;1-8-7-5-3-2-4-6-7/h4-5H,2-3,6-8H2,1H3,(H2,23,25);7H,2-6H2,1H3. The Balaban J connectivity index is 0.000000342. The number of methoxy groups -OCH3 is 2. The van der Waals surface area contributed by atoms with Crippen LogP contribution in [0.4, 0.5) is 23.4 Å². The summed E-state index contributed by atoms with van der Waals surface area (Å²) in [5.41, 5.74) is 4.71. The van der Waals surface area contributed by atoms with Crippen LogP contribution in [0.1, 0.15) is 55.2 Å². The molecule has 2 aliphatic heterocycles. The van der Waals surface area contributed by atoms with E-state index >= 15 is 0 Å². The lowest BCUT2D eigenvalue weighted by Crippen LogP contribution is -2.27. The Hall–Kier alpha value is -2.54. The summed E-state index contributed by atoms with van der Waals surface area (Å²) in [4.78, 5) is 0. The zero-order valence-electron chi connectivity index (χ0n) is 20.8. The summed E-state index contributed by atoms with van der Waals surface area (Å²) in [6, 6.07) is 1.09. The van der Waals surface area contributed by atoms with Crippen molar-refractivity contribution in [1.29, 1.82) is 0 Å². The summed E-state index contributed by atoms with van der Waals surface area (Å²) < 4.78 is 80.9. The molecule has 1 atom stereocenters. The minimum absolute atomic E-state index is 0.00954. The molecule has 1 aromatic carbocycles. The van der Waals surface area contributed by atoms with Crippen molar-refractivity contribution in [2.24, 2.45) is 0 Å². The molecule has 2 N–H and O–H groups in total. The zero-order chi connectivity index (χ0) is 26.6. The lowest BCUT2D eigenvalue weighted by Gasteiger charge is -2.22. The number of fused-ring (bicyclic) bond motifs is 2. The topological polar surface area (TPSA) is 98.0 Å². The summed E-state index contributed by atoms with van der Waals surface area (Å²) in [5, 5.41) is 7.85. The van der Waals surface area contributed by atoms with Crippen LogP contribution >= 0.6 is 0 Å². The van der Waals surface area contributed by atoms with Gasteiger partial charge in [0.1, 0.15) is 22.9 Å². The highest BCUT2D eigenvalue weighted by molar-refractivity contribution is 5.74. The van der Waals surface area contributed by atoms with Gasteiger partial charge >= 0.3 is 6.18 Å². The van der Waals surface area contributed by atoms with Crippen molar-refractivity contribution in [3.63, 3.8) is 0 Å². The highest BCUT2D eigenvalue weighted by Crippen LogP contribution is 2.49. The van der Waals surface area contributed by atoms with Crippen molar-refractivity contribution in [1.82, 2.24) is 10.2 Å². The second-order valence-corrected chi connectivity index (χ2v) is 9.25. The molecule has 1 unspecified atom stereocenters. The summed E-state index contributed by atoms with van der Waals surface area (Å²) in [7, 11) is 3.11. The number of benzene rings is 1. The van der Waals surface area contributed by atoms with Crippen LogP contribution < -0.4 is 10.5 Å². The molecule has 204 valence electrons. The number of aromatic nitrogens is 2. The van der Waals surface area contributed by atoms with Crippen LogP contribution in [0.15, 0.2) is 12.1 Å². The molecular formula is C25H31F4N3O5. The number of nitrogens with two attached hydrogens (primary N) is 1. The number of ether oxygens (including phenoxy) is 5. The molecule has 37 heavy (non-hydrogen) atoms. The summed E-state index contributed by atoms with van der Waals surface area (Å²) >= 11 is 0. The minimum atomic E-state index is -4.76. The van der Waals surface area contributed by atoms with Crippen molar-refractivity contribution >= 4 is 5.82 Å². The number of nitrogen functional groups attached to an aromatic ring is 1. The third-order valence-corrected chi connectivity index (χ3v) is 6.87. The molecule has 3 heterocycles. The SMILES string of the molecule is COC1CCCCC1.COCOc1cc(C(F)(F)F)cc(F)c1-c1nnc(N)c2c1COC21CCOC1. The molecule has 1 aromatic heterocycles. The monoisotopic (exact) mass is 529 g/mol. The Morgan fingerprint density at radius 1 is 1.14 bits per heavy atom. The van der Waals surface area contributed by atoms with Gasteiger partial charge in [-0.1, -0.05) is 19.3 Å². The molecule has 2 fully saturated rings. The van der Waals surface area contributed by atoms with Crippen molar-refractivity contribution in [3.05, 3.63) is 34.6 Å². The van der Waals surface area contributed by atoms with Crippen molar-refractivity contribution in [2.75, 3.05) is 40.0 Å². The molecule has 0 radical (unpaired) electrons. The highest BCUT2D eigenvalue weighted by Gasteiger charge is 2.47. The van der Waals surface area contributed by atoms with Crippen LogP contribution in [-0.2, 0) is 37.3 Å². The van der Waals surface area contributed by atoms with Gasteiger partial charge in [0.25, 0.3) is 0 Å². The lowest BCUT2D eigenvalue weighted by atomic mass is 9.90. The normalized spacial score (nSPS) is 21.6. The van der Waals surface area contributed by atoms with E-state index in [1.807, 2.05) is 7.11 Å². The number of anilines is 1. The molecule has 1 spiro atoms. The fourth-order valence-corrected chi connectivity index (χ4v) is 4.99. The number of nitrogens with zero attached hydrogens (tertiary/aromatic N) is 2. The smallest absolute Gasteiger partial charge is 0.416 e. The predicted octanol–water partition coefficient (Wildman–Crippen LogP) is 4.98. The van der Waals surface area contributed by atoms with Gasteiger partial charge in [0, 0.05) is 38.4 Å². The van der Waals surface area contributed by atoms with Crippen LogP contribution in [0.25, 0.3) is 11.3 Å². The molecule has 1 aliphatic carbocycles. The van der Waals surface area contributed by atoms with E-state index in [1.54, 1.807) is 0 Å². The molecule has 8 nitrogen and oxygen atoms in total. The van der Waals surface area contributed by atoms with E-state index in [4.69, 9.17) is 29.4 Å². The van der Waals surface area contributed by atoms with Crippen molar-refractivity contribution in [3.8, 4) is 17.0 Å². The van der Waals surface area contributed by atoms with Crippen LogP contribution in [0, 0.1) is 5.82 Å². The summed E-state index contributed by atoms with van der Waals surface area (Å²) in [5.74, 6) is -1.42. The van der Waals surface area contributed by atoms with Crippen molar-refractivity contribution < 1.29 is 41.2 Å². The first-order valence-corrected chi connectivity index (χ1v) is 12.1. The van der Waals surface area contributed by atoms with Gasteiger partial charge in [0.05, 0.1) is 30.4 Å². The van der Waals surface area contributed by atoms with E-state index in [1.165, 1.54) is 39.2 Å². The average molecular weight is 530 g/mol. The van der Waals surface area contributed by atoms with Gasteiger partial charge in [-0.2, -0.15) is 13.2 Å². The second-order valence-electron chi connectivity index (χ2n) is 9.25. The fourth-order valence-electron chi connectivity index (χ4n) is 4.99. The van der Waals surface area contributed by atoms with E-state index in [2.05, 4.69) is 10.2 Å². The van der Waals surface area contributed by atoms with E-state index in [0.29, 0.717) is 42.4 Å². The Morgan fingerprint density at radius 3 is 2.49 bits per heavy atom. The van der Waals surface area contributed by atoms with Gasteiger partial charge in [-0.15, -0.1) is 10.2 Å². The zero-order valence-corrected chi connectivity index (χ0v) is 20.8. The Labute approximate surface area is 212 Å². The summed E-state index contributed by atoms with van der Waals surface area (Å²) in [6.07, 6.45) is 3.10. The molecule has 1 saturated heterocycles. The average Bonchev–Trinajstić information content (AvgIpc) is 3.52. The molecule has 0 amide bonds. The van der Waals surface area contributed by atoms with Gasteiger partial charge < -0.3 is 29.4 Å². The Kier molecular flexibility index (Phi) is 8.52. The lowest BCUT2D eigenvalue weighted by molar-refractivity contribution is -0.137. The minimum Gasteiger partial charge on any atom is -0.467 e. The van der Waals surface area contributed by atoms with E-state index in [9.17, 15) is 17.6 Å². The van der Waals surface area contributed by atoms with E-state index in [0.717, 1.165) is 0 Å². The molecule has 5 rings (SSSR count). The van der Waals surface area contributed by atoms with Crippen LogP contribution in [0.2, 0.25) is 0 Å². The summed E-state index contributed by atoms with van der Waals surface area (Å²) in [6.45, 7) is 0.357. The third-order valence-electron chi connectivity index (χ3n) is 6.87. The highest BCUT2D eigenvalue weighted by atomic mass is 19.4. The molecule has 2 aromatic rings. The molecule has 12 heteroatoms. The van der Waals surface area contributed by atoms with Gasteiger partial charge in [0.2, 0.25) is 0 Å². The second kappa shape index (κ2) is 11.5. The van der Waals surface area contributed by atoms with Crippen LogP contribution in [0.3, 0.4) is 0 Å². The van der Waals surface area contributed by atoms with Gasteiger partial charge in [0.15, 0.2) is 12.6 Å². The maximum atomic E-state index is 14.9. The number of alkyl halides is 3. The number of halogens is 4. The Bertz CT molecular complexity index is 1090. The first-order valence-electron chi connectivity index (χ1n) is 12.1. The molecular weight excluding hydrogens is 498 g/mol. The predicted molar refractivity (Wildman–Crippen MR) is 125 cm³/mol. The number of rotatable bonds is 5. The van der Waals surface area contributed by atoms with Crippen molar-refractivity contribution in [2.45, 2.75) is 63.0 Å². The Morgan fingerprint density at radius 2 is 1.89 bits per heavy atom. The maximum absolute atomic E-state index is 14.9. The fraction of sp³-hybridized carbons (Fsp3) is 0.600. The maximum Gasteiger partial charge on any atom is 0.416 e. The van der Waals surface area contributed by atoms with E-state index < -0.39 is 23.2 Å². The number of hydrogen-bond acceptors (Lipinski definition) is 8. The molecule has 1 saturated carbocycles.